The Hall–Kier alpha value is -2.55. The van der Waals surface area contributed by atoms with E-state index in [-0.39, 0.29) is 11.9 Å². The van der Waals surface area contributed by atoms with Crippen molar-refractivity contribution in [1.29, 1.82) is 0 Å². The number of carbonyl (C=O) groups is 1. The van der Waals surface area contributed by atoms with Gasteiger partial charge in [0.25, 0.3) is 5.91 Å². The summed E-state index contributed by atoms with van der Waals surface area (Å²) < 4.78 is 1.89. The fourth-order valence-corrected chi connectivity index (χ4v) is 3.96. The van der Waals surface area contributed by atoms with Crippen LogP contribution in [-0.2, 0) is 0 Å². The van der Waals surface area contributed by atoms with Crippen LogP contribution in [0.1, 0.15) is 41.5 Å². The minimum Gasteiger partial charge on any atom is -0.351 e. The quantitative estimate of drug-likeness (QED) is 0.698. The molecule has 3 aromatic rings. The Morgan fingerprint density at radius 1 is 1.27 bits per heavy atom. The maximum Gasteiger partial charge on any atom is 0.273 e. The van der Waals surface area contributed by atoms with E-state index in [2.05, 4.69) is 20.1 Å². The van der Waals surface area contributed by atoms with Crippen LogP contribution in [-0.4, -0.2) is 61.8 Å². The number of hydrogen-bond donors (Lipinski definition) is 0. The van der Waals surface area contributed by atoms with Crippen molar-refractivity contribution in [3.05, 3.63) is 34.5 Å². The molecule has 0 N–H and O–H groups in total. The molecular weight excluding hydrogens is 350 g/mol. The smallest absolute Gasteiger partial charge is 0.273 e. The molecule has 2 aliphatic rings. The van der Waals surface area contributed by atoms with Gasteiger partial charge in [0.15, 0.2) is 11.5 Å². The molecule has 1 saturated carbocycles. The van der Waals surface area contributed by atoms with Gasteiger partial charge in [0, 0.05) is 31.4 Å². The van der Waals surface area contributed by atoms with E-state index in [1.54, 1.807) is 15.8 Å². The molecule has 8 nitrogen and oxygen atoms in total. The molecule has 0 aromatic carbocycles. The van der Waals surface area contributed by atoms with Crippen molar-refractivity contribution in [2.75, 3.05) is 25.0 Å². The van der Waals surface area contributed by atoms with E-state index in [4.69, 9.17) is 5.10 Å². The second-order valence-corrected chi connectivity index (χ2v) is 7.71. The molecule has 2 fully saturated rings. The average molecular weight is 369 g/mol. The van der Waals surface area contributed by atoms with Gasteiger partial charge in [0.2, 0.25) is 0 Å². The summed E-state index contributed by atoms with van der Waals surface area (Å²) in [6.45, 7) is 1.54. The third-order valence-electron chi connectivity index (χ3n) is 5.45. The Morgan fingerprint density at radius 2 is 2.12 bits per heavy atom. The third-order valence-corrected chi connectivity index (χ3v) is 6.04. The Labute approximate surface area is 154 Å². The summed E-state index contributed by atoms with van der Waals surface area (Å²) in [6.07, 6.45) is 3.59. The van der Waals surface area contributed by atoms with Crippen molar-refractivity contribution in [2.24, 2.45) is 0 Å². The van der Waals surface area contributed by atoms with Crippen LogP contribution < -0.4 is 4.90 Å². The Balaban J connectivity index is 1.30. The summed E-state index contributed by atoms with van der Waals surface area (Å²) in [6, 6.07) is 4.12. The normalized spacial score (nSPS) is 18.0. The number of fused-ring (bicyclic) bond motifs is 1. The molecule has 1 amide bonds. The molecule has 0 unspecified atom stereocenters. The van der Waals surface area contributed by atoms with Gasteiger partial charge < -0.3 is 9.80 Å². The van der Waals surface area contributed by atoms with Gasteiger partial charge >= 0.3 is 0 Å². The van der Waals surface area contributed by atoms with Crippen molar-refractivity contribution in [3.8, 4) is 0 Å². The lowest BCUT2D eigenvalue weighted by atomic mass is 9.85. The zero-order chi connectivity index (χ0) is 17.7. The lowest BCUT2D eigenvalue weighted by Crippen LogP contribution is -2.60. The fourth-order valence-electron chi connectivity index (χ4n) is 3.44. The minimum atomic E-state index is -0.0228. The van der Waals surface area contributed by atoms with Gasteiger partial charge in [0.1, 0.15) is 11.5 Å². The van der Waals surface area contributed by atoms with E-state index < -0.39 is 0 Å². The number of amides is 1. The minimum absolute atomic E-state index is 0.0228. The number of aromatic nitrogens is 5. The van der Waals surface area contributed by atoms with Crippen LogP contribution in [0, 0.1) is 0 Å². The number of hydrogen-bond acceptors (Lipinski definition) is 7. The van der Waals surface area contributed by atoms with Gasteiger partial charge in [-0.2, -0.15) is 4.52 Å². The van der Waals surface area contributed by atoms with Crippen LogP contribution in [0.5, 0.6) is 0 Å². The number of anilines is 1. The number of carbonyl (C=O) groups excluding carboxylic acids is 1. The molecule has 9 heteroatoms. The topological polar surface area (TPSA) is 79.5 Å². The van der Waals surface area contributed by atoms with Crippen molar-refractivity contribution in [1.82, 2.24) is 29.7 Å². The largest absolute Gasteiger partial charge is 0.351 e. The summed E-state index contributed by atoms with van der Waals surface area (Å²) in [5.74, 6) is 2.34. The first-order chi connectivity index (χ1) is 12.7. The Kier molecular flexibility index (Phi) is 3.63. The van der Waals surface area contributed by atoms with Gasteiger partial charge in [-0.3, -0.25) is 4.79 Å². The predicted octanol–water partition coefficient (Wildman–Crippen LogP) is 1.81. The van der Waals surface area contributed by atoms with E-state index in [1.165, 1.54) is 30.6 Å². The highest BCUT2D eigenvalue weighted by molar-refractivity contribution is 7.07. The van der Waals surface area contributed by atoms with Gasteiger partial charge in [-0.15, -0.1) is 26.6 Å². The predicted molar refractivity (Wildman–Crippen MR) is 97.6 cm³/mol. The van der Waals surface area contributed by atoms with E-state index in [0.29, 0.717) is 11.6 Å². The van der Waals surface area contributed by atoms with E-state index in [1.807, 2.05) is 23.7 Å². The van der Waals surface area contributed by atoms with Crippen LogP contribution >= 0.6 is 11.3 Å². The third kappa shape index (κ3) is 2.45. The van der Waals surface area contributed by atoms with Crippen LogP contribution in [0.4, 0.5) is 5.82 Å². The van der Waals surface area contributed by atoms with E-state index in [9.17, 15) is 4.79 Å². The first kappa shape index (κ1) is 15.7. The summed E-state index contributed by atoms with van der Waals surface area (Å²) in [4.78, 5) is 20.5. The molecule has 5 rings (SSSR count). The average Bonchev–Trinajstić information content (AvgIpc) is 3.21. The molecule has 0 spiro atoms. The number of thiazole rings is 1. The van der Waals surface area contributed by atoms with Gasteiger partial charge in [-0.05, 0) is 25.0 Å². The van der Waals surface area contributed by atoms with Gasteiger partial charge in [-0.1, -0.05) is 6.42 Å². The van der Waals surface area contributed by atoms with E-state index in [0.717, 1.165) is 30.4 Å². The molecule has 26 heavy (non-hydrogen) atoms. The molecule has 1 aliphatic heterocycles. The lowest BCUT2D eigenvalue weighted by Gasteiger charge is -2.44. The molecule has 134 valence electrons. The first-order valence-electron chi connectivity index (χ1n) is 8.83. The van der Waals surface area contributed by atoms with Crippen molar-refractivity contribution in [3.63, 3.8) is 0 Å². The van der Waals surface area contributed by atoms with Crippen molar-refractivity contribution >= 4 is 28.7 Å². The Morgan fingerprint density at radius 3 is 2.81 bits per heavy atom. The summed E-state index contributed by atoms with van der Waals surface area (Å²) >= 11 is 1.44. The second-order valence-electron chi connectivity index (χ2n) is 7.00. The van der Waals surface area contributed by atoms with Crippen LogP contribution in [0.25, 0.3) is 5.65 Å². The molecule has 0 radical (unpaired) electrons. The van der Waals surface area contributed by atoms with Crippen LogP contribution in [0.15, 0.2) is 23.0 Å². The molecule has 0 bridgehead atoms. The zero-order valence-corrected chi connectivity index (χ0v) is 15.3. The zero-order valence-electron chi connectivity index (χ0n) is 14.4. The maximum absolute atomic E-state index is 12.4. The second kappa shape index (κ2) is 6.01. The first-order valence-corrected chi connectivity index (χ1v) is 9.77. The van der Waals surface area contributed by atoms with Crippen molar-refractivity contribution < 1.29 is 4.79 Å². The van der Waals surface area contributed by atoms with Crippen molar-refractivity contribution in [2.45, 2.75) is 31.2 Å². The maximum atomic E-state index is 12.4. The number of nitrogens with zero attached hydrogens (tertiary/aromatic N) is 7. The van der Waals surface area contributed by atoms with Gasteiger partial charge in [0.05, 0.1) is 11.6 Å². The monoisotopic (exact) mass is 369 g/mol. The lowest BCUT2D eigenvalue weighted by molar-refractivity contribution is 0.0700. The van der Waals surface area contributed by atoms with Crippen LogP contribution in [0.3, 0.4) is 0 Å². The molecule has 1 aliphatic carbocycles. The molecule has 4 heterocycles. The highest BCUT2D eigenvalue weighted by Crippen LogP contribution is 2.35. The summed E-state index contributed by atoms with van der Waals surface area (Å²) in [7, 11) is 1.84. The number of rotatable bonds is 4. The molecule has 3 aromatic heterocycles. The number of likely N-dealkylation sites (N-methyl/N-ethyl adjacent to an activating group) is 1. The van der Waals surface area contributed by atoms with Gasteiger partial charge in [-0.25, -0.2) is 4.98 Å². The SMILES string of the molecule is CN(C(=O)c1cscn1)C1CN(c2ccc3nnc(C4CCC4)n3n2)C1. The Bertz CT molecular complexity index is 943. The fraction of sp³-hybridized carbons (Fsp3) is 0.471. The highest BCUT2D eigenvalue weighted by Gasteiger charge is 2.34. The van der Waals surface area contributed by atoms with E-state index >= 15 is 0 Å². The summed E-state index contributed by atoms with van der Waals surface area (Å²) in [5.41, 5.74) is 3.00. The summed E-state index contributed by atoms with van der Waals surface area (Å²) in [5, 5.41) is 15.1. The molecule has 0 atom stereocenters. The molecular formula is C17H19N7OS. The highest BCUT2D eigenvalue weighted by atomic mass is 32.1. The molecule has 1 saturated heterocycles. The van der Waals surface area contributed by atoms with Crippen LogP contribution in [0.2, 0.25) is 0 Å². The standard InChI is InChI=1S/C17H19N7OS/c1-22(17(25)13-9-26-10-18-13)12-7-23(8-12)15-6-5-14-19-20-16(24(14)21-15)11-3-2-4-11/h5-6,9-12H,2-4,7-8H2,1H3.